The largest absolute Gasteiger partial charge is 0.569 e. The highest BCUT2D eigenvalue weighted by molar-refractivity contribution is 9.11. The highest BCUT2D eigenvalue weighted by Gasteiger charge is 2.17. The van der Waals surface area contributed by atoms with Crippen LogP contribution in [0.4, 0.5) is 17.6 Å². The molecule has 0 aliphatic carbocycles. The number of benzene rings is 5. The van der Waals surface area contributed by atoms with Gasteiger partial charge in [0.1, 0.15) is 40.5 Å². The summed E-state index contributed by atoms with van der Waals surface area (Å²) in [6, 6.07) is 25.7. The molecule has 233 valence electrons. The summed E-state index contributed by atoms with van der Waals surface area (Å²) in [5.74, 6) is -0.342. The van der Waals surface area contributed by atoms with Gasteiger partial charge in [0, 0.05) is 34.4 Å². The van der Waals surface area contributed by atoms with Crippen molar-refractivity contribution in [2.24, 2.45) is 0 Å². The summed E-state index contributed by atoms with van der Waals surface area (Å²) in [7, 11) is 5.19. The maximum Gasteiger partial charge on any atom is 0.569 e. The van der Waals surface area contributed by atoms with Crippen LogP contribution in [0.25, 0.3) is 22.3 Å². The number of methoxy groups -OCH3 is 3. The smallest absolute Gasteiger partial charge is 0.535 e. The molecule has 0 saturated carbocycles. The molecule has 0 atom stereocenters. The fourth-order valence-electron chi connectivity index (χ4n) is 3.97. The molecule has 45 heavy (non-hydrogen) atoms. The average molecular weight is 749 g/mol. The van der Waals surface area contributed by atoms with Crippen LogP contribution in [0.2, 0.25) is 0 Å². The van der Waals surface area contributed by atoms with Gasteiger partial charge in [-0.3, -0.25) is 0 Å². The topological polar surface area (TPSA) is 57.2 Å². The Bertz CT molecular complexity index is 1610. The van der Waals surface area contributed by atoms with E-state index in [1.807, 2.05) is 6.07 Å². The Morgan fingerprint density at radius 1 is 0.489 bits per heavy atom. The molecule has 1 radical (unpaired) electrons. The van der Waals surface area contributed by atoms with Gasteiger partial charge >= 0.3 is 7.69 Å². The van der Waals surface area contributed by atoms with Crippen LogP contribution in [-0.2, 0) is 0 Å². The zero-order valence-corrected chi connectivity index (χ0v) is 27.3. The van der Waals surface area contributed by atoms with Gasteiger partial charge in [-0.25, -0.2) is 17.6 Å². The first-order valence-corrected chi connectivity index (χ1v) is 14.5. The molecule has 5 aromatic carbocycles. The van der Waals surface area contributed by atoms with Crippen LogP contribution in [0.5, 0.6) is 23.0 Å². The van der Waals surface area contributed by atoms with Crippen LogP contribution in [0.15, 0.2) is 106 Å². The minimum atomic E-state index is -0.643. The molecule has 1 N–H and O–H groups in total. The quantitative estimate of drug-likeness (QED) is 0.102. The van der Waals surface area contributed by atoms with E-state index < -0.39 is 23.3 Å². The van der Waals surface area contributed by atoms with Gasteiger partial charge in [0.05, 0.1) is 30.3 Å². The maximum absolute atomic E-state index is 14.4. The van der Waals surface area contributed by atoms with Gasteiger partial charge in [-0.05, 0) is 68.3 Å². The second-order valence-corrected chi connectivity index (χ2v) is 10.5. The first-order valence-electron chi connectivity index (χ1n) is 13.0. The van der Waals surface area contributed by atoms with Crippen molar-refractivity contribution in [1.29, 1.82) is 0 Å². The summed E-state index contributed by atoms with van der Waals surface area (Å²) >= 11 is 5.82. The van der Waals surface area contributed by atoms with E-state index in [4.69, 9.17) is 23.9 Å². The highest BCUT2D eigenvalue weighted by Crippen LogP contribution is 2.38. The minimum Gasteiger partial charge on any atom is -0.535 e. The molecule has 0 fully saturated rings. The van der Waals surface area contributed by atoms with E-state index in [0.717, 1.165) is 12.1 Å². The Kier molecular flexibility index (Phi) is 13.8. The molecule has 0 aromatic heterocycles. The summed E-state index contributed by atoms with van der Waals surface area (Å²) in [6.45, 7) is 0. The molecular weight excluding hydrogens is 723 g/mol. The van der Waals surface area contributed by atoms with Crippen molar-refractivity contribution in [3.8, 4) is 45.3 Å². The predicted octanol–water partition coefficient (Wildman–Crippen LogP) is 9.41. The zero-order valence-electron chi connectivity index (χ0n) is 24.2. The second-order valence-electron chi connectivity index (χ2n) is 8.77. The maximum atomic E-state index is 14.4. The zero-order chi connectivity index (χ0) is 32.9. The van der Waals surface area contributed by atoms with Gasteiger partial charge in [0.15, 0.2) is 5.75 Å². The minimum absolute atomic E-state index is 0.251. The first-order chi connectivity index (χ1) is 21.6. The Labute approximate surface area is 275 Å². The second kappa shape index (κ2) is 17.5. The van der Waals surface area contributed by atoms with Gasteiger partial charge in [-0.2, -0.15) is 0 Å². The van der Waals surface area contributed by atoms with Gasteiger partial charge < -0.3 is 23.9 Å². The summed E-state index contributed by atoms with van der Waals surface area (Å²) < 4.78 is 74.5. The normalized spacial score (nSPS) is 10.0. The number of halogens is 6. The molecule has 12 heteroatoms. The Morgan fingerprint density at radius 2 is 0.867 bits per heavy atom. The van der Waals surface area contributed by atoms with Crippen molar-refractivity contribution in [2.45, 2.75) is 0 Å². The fraction of sp³-hybridized carbons (Fsp3) is 0.0909. The summed E-state index contributed by atoms with van der Waals surface area (Å²) in [4.78, 5) is 0. The van der Waals surface area contributed by atoms with Gasteiger partial charge in [0.25, 0.3) is 0 Å². The van der Waals surface area contributed by atoms with Crippen molar-refractivity contribution in [3.05, 3.63) is 129 Å². The lowest BCUT2D eigenvalue weighted by atomic mass is 9.97. The molecule has 5 rings (SSSR count). The molecular formula is C33H26BBr2F4O5. The molecule has 0 saturated heterocycles. The van der Waals surface area contributed by atoms with Crippen LogP contribution < -0.4 is 18.9 Å². The molecule has 0 aliphatic rings. The van der Waals surface area contributed by atoms with E-state index in [2.05, 4.69) is 31.9 Å². The summed E-state index contributed by atoms with van der Waals surface area (Å²) in [5, 5.41) is 8.34. The standard InChI is InChI=1S/C20H16F2O2.C7H8BO3.C6H2Br2F2/c1-23-19-9-5-3-7-13(19)15-11-16(18(22)12-17(15)21)14-8-4-6-10-20(14)24-2;1-10-6-4-2-3-5-7(6)11-8-9;7-3-1-4(8)6(10)2-5(3)9/h3-12H,1-2H3;2-5,9H,1H3;1-2H. The number of para-hydroxylation sites is 4. The SMILES string of the molecule is COc1ccccc1-c1cc(-c2ccccc2OC)c(F)cc1F.COc1ccccc1O[B]O.Fc1cc(F)c(Br)cc1Br. The Balaban J connectivity index is 0.000000217. The lowest BCUT2D eigenvalue weighted by Crippen LogP contribution is -2.01. The lowest BCUT2D eigenvalue weighted by molar-refractivity contribution is 0.381. The van der Waals surface area contributed by atoms with Crippen LogP contribution in [0.1, 0.15) is 0 Å². The molecule has 0 spiro atoms. The van der Waals surface area contributed by atoms with Crippen molar-refractivity contribution < 1.29 is 41.5 Å². The van der Waals surface area contributed by atoms with Crippen LogP contribution in [-0.4, -0.2) is 34.0 Å². The highest BCUT2D eigenvalue weighted by atomic mass is 79.9. The van der Waals surface area contributed by atoms with E-state index in [0.29, 0.717) is 41.8 Å². The molecule has 0 amide bonds. The molecule has 0 heterocycles. The average Bonchev–Trinajstić information content (AvgIpc) is 3.05. The lowest BCUT2D eigenvalue weighted by Gasteiger charge is -2.14. The van der Waals surface area contributed by atoms with E-state index in [-0.39, 0.29) is 20.1 Å². The third kappa shape index (κ3) is 9.50. The molecule has 5 nitrogen and oxygen atoms in total. The number of hydrogen-bond acceptors (Lipinski definition) is 5. The molecule has 0 bridgehead atoms. The van der Waals surface area contributed by atoms with E-state index in [1.54, 1.807) is 73.8 Å². The monoisotopic (exact) mass is 747 g/mol. The van der Waals surface area contributed by atoms with Crippen LogP contribution in [0.3, 0.4) is 0 Å². The summed E-state index contributed by atoms with van der Waals surface area (Å²) in [5.41, 5.74) is 1.67. The van der Waals surface area contributed by atoms with Gasteiger partial charge in [-0.1, -0.05) is 48.5 Å². The van der Waals surface area contributed by atoms with Gasteiger partial charge in [-0.15, -0.1) is 0 Å². The molecule has 0 unspecified atom stereocenters. The van der Waals surface area contributed by atoms with E-state index >= 15 is 0 Å². The number of rotatable bonds is 7. The Hall–Kier alpha value is -4.00. The third-order valence-electron chi connectivity index (χ3n) is 6.06. The third-order valence-corrected chi connectivity index (χ3v) is 7.28. The summed E-state index contributed by atoms with van der Waals surface area (Å²) in [6.07, 6.45) is 0. The Morgan fingerprint density at radius 3 is 1.27 bits per heavy atom. The van der Waals surface area contributed by atoms with Crippen molar-refractivity contribution in [1.82, 2.24) is 0 Å². The van der Waals surface area contributed by atoms with Gasteiger partial charge in [0.2, 0.25) is 0 Å². The fourth-order valence-corrected chi connectivity index (χ4v) is 4.96. The van der Waals surface area contributed by atoms with Crippen LogP contribution in [0, 0.1) is 23.3 Å². The van der Waals surface area contributed by atoms with Crippen molar-refractivity contribution in [2.75, 3.05) is 21.3 Å². The molecule has 5 aromatic rings. The predicted molar refractivity (Wildman–Crippen MR) is 174 cm³/mol. The van der Waals surface area contributed by atoms with Crippen molar-refractivity contribution >= 4 is 39.5 Å². The number of ether oxygens (including phenoxy) is 3. The van der Waals surface area contributed by atoms with Crippen LogP contribution >= 0.6 is 31.9 Å². The van der Waals surface area contributed by atoms with E-state index in [1.165, 1.54) is 26.4 Å². The molecule has 0 aliphatic heterocycles. The van der Waals surface area contributed by atoms with E-state index in [9.17, 15) is 17.6 Å². The van der Waals surface area contributed by atoms with Crippen molar-refractivity contribution in [3.63, 3.8) is 0 Å². The first kappa shape index (κ1) is 35.5. The number of hydrogen-bond donors (Lipinski definition) is 1.